The highest BCUT2D eigenvalue weighted by Gasteiger charge is 2.27. The van der Waals surface area contributed by atoms with Crippen LogP contribution in [0.4, 0.5) is 0 Å². The van der Waals surface area contributed by atoms with E-state index in [0.29, 0.717) is 41.2 Å². The van der Waals surface area contributed by atoms with E-state index in [2.05, 4.69) is 4.90 Å². The van der Waals surface area contributed by atoms with Crippen molar-refractivity contribution in [3.63, 3.8) is 0 Å². The van der Waals surface area contributed by atoms with Crippen LogP contribution in [0.2, 0.25) is 0 Å². The molecule has 0 radical (unpaired) electrons. The first-order valence-corrected chi connectivity index (χ1v) is 8.49. The third kappa shape index (κ3) is 2.41. The average Bonchev–Trinajstić information content (AvgIpc) is 2.64. The largest absolute Gasteiger partial charge is 0.493 e. The highest BCUT2D eigenvalue weighted by atomic mass is 16.5. The van der Waals surface area contributed by atoms with E-state index < -0.39 is 0 Å². The molecule has 26 heavy (non-hydrogen) atoms. The Bertz CT molecular complexity index is 1070. The van der Waals surface area contributed by atoms with Gasteiger partial charge >= 0.3 is 5.63 Å². The van der Waals surface area contributed by atoms with E-state index >= 15 is 0 Å². The van der Waals surface area contributed by atoms with Crippen LogP contribution in [0, 0.1) is 0 Å². The molecule has 6 heteroatoms. The lowest BCUT2D eigenvalue weighted by atomic mass is 9.95. The molecular weight excluding hydrogens is 334 g/mol. The molecule has 2 heterocycles. The Morgan fingerprint density at radius 3 is 2.54 bits per heavy atom. The Hall–Kier alpha value is -2.73. The number of likely N-dealkylation sites (N-methyl/N-ethyl adjacent to an activating group) is 1. The van der Waals surface area contributed by atoms with Gasteiger partial charge in [0.1, 0.15) is 6.61 Å². The fraction of sp³-hybridized carbons (Fsp3) is 0.350. The van der Waals surface area contributed by atoms with Gasteiger partial charge in [-0.3, -0.25) is 0 Å². The van der Waals surface area contributed by atoms with E-state index in [4.69, 9.17) is 18.6 Å². The van der Waals surface area contributed by atoms with Crippen molar-refractivity contribution in [2.45, 2.75) is 13.0 Å². The summed E-state index contributed by atoms with van der Waals surface area (Å²) < 4.78 is 22.6. The zero-order valence-electron chi connectivity index (χ0n) is 15.3. The van der Waals surface area contributed by atoms with Crippen molar-refractivity contribution >= 4 is 21.7 Å². The number of ether oxygens (including phenoxy) is 3. The van der Waals surface area contributed by atoms with Crippen LogP contribution in [0.15, 0.2) is 27.4 Å². The molecule has 3 aromatic rings. The molecule has 0 unspecified atom stereocenters. The Labute approximate surface area is 150 Å². The van der Waals surface area contributed by atoms with Crippen LogP contribution in [0.3, 0.4) is 0 Å². The van der Waals surface area contributed by atoms with Gasteiger partial charge in [0.05, 0.1) is 19.6 Å². The molecule has 0 atom stereocenters. The minimum absolute atomic E-state index is 0.383. The quantitative estimate of drug-likeness (QED) is 0.518. The number of rotatable bonds is 5. The lowest BCUT2D eigenvalue weighted by molar-refractivity contribution is 0.286. The maximum absolute atomic E-state index is 12.9. The van der Waals surface area contributed by atoms with Crippen molar-refractivity contribution in [1.29, 1.82) is 0 Å². The van der Waals surface area contributed by atoms with Crippen LogP contribution >= 0.6 is 0 Å². The molecule has 0 spiro atoms. The molecule has 2 aromatic carbocycles. The first-order chi connectivity index (χ1) is 12.5. The van der Waals surface area contributed by atoms with Crippen molar-refractivity contribution in [2.75, 3.05) is 34.9 Å². The average molecular weight is 355 g/mol. The van der Waals surface area contributed by atoms with Crippen LogP contribution in [-0.2, 0) is 13.0 Å². The number of benzene rings is 2. The summed E-state index contributed by atoms with van der Waals surface area (Å²) in [5.41, 5.74) is 1.93. The molecular formula is C20H21NO5. The number of nitrogens with zero attached hydrogens (tertiary/aromatic N) is 1. The van der Waals surface area contributed by atoms with Crippen LogP contribution in [0.5, 0.6) is 17.2 Å². The molecule has 6 nitrogen and oxygen atoms in total. The highest BCUT2D eigenvalue weighted by Crippen LogP contribution is 2.46. The SMILES string of the molecule is COc1cc(CCN(C)C)c2c(=O)oc3c(OC)ccc4c3c2c1OC4. The number of hydrogen-bond acceptors (Lipinski definition) is 6. The number of methoxy groups -OCH3 is 2. The fourth-order valence-electron chi connectivity index (χ4n) is 3.56. The van der Waals surface area contributed by atoms with Crippen molar-refractivity contribution in [3.05, 3.63) is 39.7 Å². The summed E-state index contributed by atoms with van der Waals surface area (Å²) in [5.74, 6) is 1.76. The Kier molecular flexibility index (Phi) is 4.00. The van der Waals surface area contributed by atoms with E-state index in [1.54, 1.807) is 20.3 Å². The summed E-state index contributed by atoms with van der Waals surface area (Å²) >= 11 is 0. The lowest BCUT2D eigenvalue weighted by Gasteiger charge is -2.23. The molecule has 1 aliphatic rings. The van der Waals surface area contributed by atoms with Gasteiger partial charge < -0.3 is 23.5 Å². The Balaban J connectivity index is 2.16. The predicted molar refractivity (Wildman–Crippen MR) is 99.7 cm³/mol. The topological polar surface area (TPSA) is 61.1 Å². The van der Waals surface area contributed by atoms with E-state index in [1.807, 2.05) is 26.2 Å². The molecule has 0 aliphatic carbocycles. The second-order valence-electron chi connectivity index (χ2n) is 6.68. The second kappa shape index (κ2) is 6.21. The van der Waals surface area contributed by atoms with Gasteiger partial charge in [-0.05, 0) is 38.2 Å². The molecule has 0 amide bonds. The molecule has 0 fully saturated rings. The highest BCUT2D eigenvalue weighted by molar-refractivity contribution is 6.13. The predicted octanol–water partition coefficient (Wildman–Crippen LogP) is 2.96. The molecule has 0 bridgehead atoms. The van der Waals surface area contributed by atoms with Gasteiger partial charge in [0.25, 0.3) is 0 Å². The molecule has 0 N–H and O–H groups in total. The normalized spacial score (nSPS) is 12.8. The third-order valence-electron chi connectivity index (χ3n) is 4.82. The summed E-state index contributed by atoms with van der Waals surface area (Å²) in [7, 11) is 7.18. The first-order valence-electron chi connectivity index (χ1n) is 8.49. The number of hydrogen-bond donors (Lipinski definition) is 0. The van der Waals surface area contributed by atoms with E-state index in [-0.39, 0.29) is 5.63 Å². The van der Waals surface area contributed by atoms with Gasteiger partial charge in [-0.2, -0.15) is 0 Å². The van der Waals surface area contributed by atoms with Crippen molar-refractivity contribution in [2.24, 2.45) is 0 Å². The van der Waals surface area contributed by atoms with Crippen LogP contribution in [-0.4, -0.2) is 39.8 Å². The zero-order chi connectivity index (χ0) is 18.4. The maximum atomic E-state index is 12.9. The van der Waals surface area contributed by atoms with Gasteiger partial charge in [0.15, 0.2) is 22.8 Å². The monoisotopic (exact) mass is 355 g/mol. The van der Waals surface area contributed by atoms with E-state index in [9.17, 15) is 4.79 Å². The smallest absolute Gasteiger partial charge is 0.344 e. The molecule has 1 aliphatic heterocycles. The molecule has 0 saturated carbocycles. The standard InChI is InChI=1S/C20H21NO5/c1-21(2)8-7-11-9-14(24-4)18-17-15-12(10-25-18)5-6-13(23-3)19(15)26-20(22)16(11)17/h5-6,9H,7-8,10H2,1-4H3. The summed E-state index contributed by atoms with van der Waals surface area (Å²) in [6.45, 7) is 1.20. The minimum Gasteiger partial charge on any atom is -0.493 e. The van der Waals surface area contributed by atoms with Crippen LogP contribution in [0.25, 0.3) is 21.7 Å². The summed E-state index contributed by atoms with van der Waals surface area (Å²) in [5, 5.41) is 2.18. The van der Waals surface area contributed by atoms with Crippen molar-refractivity contribution in [1.82, 2.24) is 4.90 Å². The maximum Gasteiger partial charge on any atom is 0.344 e. The molecule has 136 valence electrons. The van der Waals surface area contributed by atoms with Gasteiger partial charge in [0.2, 0.25) is 0 Å². The molecule has 1 aromatic heterocycles. The van der Waals surface area contributed by atoms with Crippen molar-refractivity contribution in [3.8, 4) is 17.2 Å². The third-order valence-corrected chi connectivity index (χ3v) is 4.82. The van der Waals surface area contributed by atoms with Gasteiger partial charge in [-0.1, -0.05) is 6.07 Å². The van der Waals surface area contributed by atoms with Crippen molar-refractivity contribution < 1.29 is 18.6 Å². The summed E-state index contributed by atoms with van der Waals surface area (Å²) in [6, 6.07) is 5.63. The van der Waals surface area contributed by atoms with Crippen LogP contribution in [0.1, 0.15) is 11.1 Å². The van der Waals surface area contributed by atoms with Crippen LogP contribution < -0.4 is 19.8 Å². The Morgan fingerprint density at radius 2 is 1.85 bits per heavy atom. The Morgan fingerprint density at radius 1 is 1.08 bits per heavy atom. The summed E-state index contributed by atoms with van der Waals surface area (Å²) in [6.07, 6.45) is 0.704. The summed E-state index contributed by atoms with van der Waals surface area (Å²) in [4.78, 5) is 15.0. The van der Waals surface area contributed by atoms with E-state index in [0.717, 1.165) is 28.4 Å². The lowest BCUT2D eigenvalue weighted by Crippen LogP contribution is -2.17. The molecule has 0 saturated heterocycles. The molecule has 4 rings (SSSR count). The van der Waals surface area contributed by atoms with E-state index in [1.165, 1.54) is 0 Å². The first kappa shape index (κ1) is 16.7. The van der Waals surface area contributed by atoms with Gasteiger partial charge in [-0.15, -0.1) is 0 Å². The van der Waals surface area contributed by atoms with Gasteiger partial charge in [0, 0.05) is 22.9 Å². The fourth-order valence-corrected chi connectivity index (χ4v) is 3.56. The zero-order valence-corrected chi connectivity index (χ0v) is 15.3. The second-order valence-corrected chi connectivity index (χ2v) is 6.68. The van der Waals surface area contributed by atoms with Gasteiger partial charge in [-0.25, -0.2) is 4.79 Å². The minimum atomic E-state index is -0.383.